The van der Waals surface area contributed by atoms with Crippen LogP contribution in [0.4, 0.5) is 8.78 Å². The van der Waals surface area contributed by atoms with Crippen molar-refractivity contribution in [3.05, 3.63) is 35.4 Å². The van der Waals surface area contributed by atoms with Gasteiger partial charge in [-0.3, -0.25) is 0 Å². The van der Waals surface area contributed by atoms with E-state index in [1.54, 1.807) is 6.07 Å². The third-order valence-corrected chi connectivity index (χ3v) is 3.87. The topological polar surface area (TPSA) is 12.0 Å². The van der Waals surface area contributed by atoms with E-state index in [9.17, 15) is 8.78 Å². The van der Waals surface area contributed by atoms with Crippen molar-refractivity contribution in [2.24, 2.45) is 5.92 Å². The maximum absolute atomic E-state index is 13.9. The molecule has 1 heterocycles. The molecule has 2 aliphatic rings. The summed E-state index contributed by atoms with van der Waals surface area (Å²) in [5.74, 6) is -0.360. The molecular formula is C13H15F2N. The van der Waals surface area contributed by atoms with Crippen LogP contribution in [0.2, 0.25) is 0 Å². The smallest absolute Gasteiger partial charge is 0.131 e. The van der Waals surface area contributed by atoms with E-state index in [0.29, 0.717) is 11.5 Å². The number of halogens is 2. The molecule has 1 atom stereocenters. The van der Waals surface area contributed by atoms with Gasteiger partial charge in [0.1, 0.15) is 11.6 Å². The lowest BCUT2D eigenvalue weighted by molar-refractivity contribution is 0.321. The van der Waals surface area contributed by atoms with Crippen LogP contribution in [0.3, 0.4) is 0 Å². The minimum atomic E-state index is -0.495. The summed E-state index contributed by atoms with van der Waals surface area (Å²) in [4.78, 5) is 0. The van der Waals surface area contributed by atoms with E-state index in [0.717, 1.165) is 38.3 Å². The number of hydrogen-bond donors (Lipinski definition) is 1. The zero-order valence-electron chi connectivity index (χ0n) is 9.10. The van der Waals surface area contributed by atoms with E-state index in [4.69, 9.17) is 0 Å². The van der Waals surface area contributed by atoms with E-state index in [1.165, 1.54) is 6.07 Å². The van der Waals surface area contributed by atoms with Crippen LogP contribution < -0.4 is 5.32 Å². The summed E-state index contributed by atoms with van der Waals surface area (Å²) in [6.07, 6.45) is 4.36. The van der Waals surface area contributed by atoms with Crippen LogP contribution in [0.15, 0.2) is 18.2 Å². The Hall–Kier alpha value is -0.960. The Morgan fingerprint density at radius 1 is 1.25 bits per heavy atom. The van der Waals surface area contributed by atoms with Crippen LogP contribution in [0, 0.1) is 17.6 Å². The Kier molecular flexibility index (Phi) is 2.25. The Morgan fingerprint density at radius 2 is 2.06 bits per heavy atom. The lowest BCUT2D eigenvalue weighted by atomic mass is 9.83. The standard InChI is InChI=1S/C13H15F2N/c14-10-4-5-11(12(15)8-10)13(9-2-3-9)6-1-7-16-13/h4-5,8-9,16H,1-3,6-7H2. The first-order valence-electron chi connectivity index (χ1n) is 5.93. The summed E-state index contributed by atoms with van der Waals surface area (Å²) >= 11 is 0. The van der Waals surface area contributed by atoms with Gasteiger partial charge in [-0.2, -0.15) is 0 Å². The molecule has 0 bridgehead atoms. The fourth-order valence-electron chi connectivity index (χ4n) is 2.99. The van der Waals surface area contributed by atoms with Gasteiger partial charge in [-0.15, -0.1) is 0 Å². The SMILES string of the molecule is Fc1ccc(C2(C3CC3)CCCN2)c(F)c1. The number of hydrogen-bond acceptors (Lipinski definition) is 1. The number of benzene rings is 1. The molecule has 0 spiro atoms. The quantitative estimate of drug-likeness (QED) is 0.812. The predicted octanol–water partition coefficient (Wildman–Crippen LogP) is 2.95. The third-order valence-electron chi connectivity index (χ3n) is 3.87. The maximum atomic E-state index is 13.9. The first kappa shape index (κ1) is 10.2. The van der Waals surface area contributed by atoms with E-state index >= 15 is 0 Å². The second kappa shape index (κ2) is 3.52. The number of rotatable bonds is 2. The van der Waals surface area contributed by atoms with E-state index in [1.807, 2.05) is 0 Å². The average molecular weight is 223 g/mol. The molecule has 1 aromatic carbocycles. The monoisotopic (exact) mass is 223 g/mol. The minimum Gasteiger partial charge on any atom is -0.307 e. The highest BCUT2D eigenvalue weighted by Crippen LogP contribution is 2.50. The largest absolute Gasteiger partial charge is 0.307 e. The molecule has 16 heavy (non-hydrogen) atoms. The highest BCUT2D eigenvalue weighted by molar-refractivity contribution is 5.30. The molecule has 0 aromatic heterocycles. The Bertz CT molecular complexity index is 406. The fraction of sp³-hybridized carbons (Fsp3) is 0.538. The molecule has 3 rings (SSSR count). The molecule has 3 heteroatoms. The Balaban J connectivity index is 2.05. The minimum absolute atomic E-state index is 0.211. The van der Waals surface area contributed by atoms with E-state index < -0.39 is 11.6 Å². The summed E-state index contributed by atoms with van der Waals surface area (Å²) < 4.78 is 26.8. The highest BCUT2D eigenvalue weighted by Gasteiger charge is 2.49. The lowest BCUT2D eigenvalue weighted by Gasteiger charge is -2.30. The molecule has 1 unspecified atom stereocenters. The van der Waals surface area contributed by atoms with Crippen LogP contribution in [-0.2, 0) is 5.54 Å². The van der Waals surface area contributed by atoms with Gasteiger partial charge in [-0.1, -0.05) is 6.07 Å². The average Bonchev–Trinajstić information content (AvgIpc) is 2.99. The van der Waals surface area contributed by atoms with Crippen molar-refractivity contribution in [1.82, 2.24) is 5.32 Å². The second-order valence-corrected chi connectivity index (χ2v) is 4.90. The van der Waals surface area contributed by atoms with Crippen LogP contribution in [0.1, 0.15) is 31.2 Å². The van der Waals surface area contributed by atoms with Crippen molar-refractivity contribution < 1.29 is 8.78 Å². The molecule has 1 N–H and O–H groups in total. The Labute approximate surface area is 93.9 Å². The third kappa shape index (κ3) is 1.46. The first-order valence-corrected chi connectivity index (χ1v) is 5.93. The summed E-state index contributed by atoms with van der Waals surface area (Å²) in [5, 5.41) is 3.45. The van der Waals surface area contributed by atoms with Crippen molar-refractivity contribution in [3.8, 4) is 0 Å². The predicted molar refractivity (Wildman–Crippen MR) is 58.0 cm³/mol. The normalized spacial score (nSPS) is 29.6. The van der Waals surface area contributed by atoms with Gasteiger partial charge in [0.25, 0.3) is 0 Å². The molecule has 1 aliphatic heterocycles. The number of nitrogens with one attached hydrogen (secondary N) is 1. The molecule has 1 aromatic rings. The van der Waals surface area contributed by atoms with E-state index in [2.05, 4.69) is 5.32 Å². The summed E-state index contributed by atoms with van der Waals surface area (Å²) in [6, 6.07) is 3.98. The van der Waals surface area contributed by atoms with Crippen molar-refractivity contribution in [1.29, 1.82) is 0 Å². The van der Waals surface area contributed by atoms with Crippen LogP contribution in [-0.4, -0.2) is 6.54 Å². The molecule has 0 amide bonds. The van der Waals surface area contributed by atoms with E-state index in [-0.39, 0.29) is 5.54 Å². The summed E-state index contributed by atoms with van der Waals surface area (Å²) in [5.41, 5.74) is 0.450. The van der Waals surface area contributed by atoms with Gasteiger partial charge in [-0.05, 0) is 44.2 Å². The second-order valence-electron chi connectivity index (χ2n) is 4.90. The summed E-state index contributed by atoms with van der Waals surface area (Å²) in [6.45, 7) is 0.938. The van der Waals surface area contributed by atoms with Crippen molar-refractivity contribution >= 4 is 0 Å². The van der Waals surface area contributed by atoms with Gasteiger partial charge in [0.2, 0.25) is 0 Å². The zero-order chi connectivity index (χ0) is 11.2. The zero-order valence-corrected chi connectivity index (χ0v) is 9.10. The van der Waals surface area contributed by atoms with Crippen LogP contribution in [0.5, 0.6) is 0 Å². The van der Waals surface area contributed by atoms with Crippen LogP contribution >= 0.6 is 0 Å². The molecule has 1 nitrogen and oxygen atoms in total. The Morgan fingerprint density at radius 3 is 2.62 bits per heavy atom. The van der Waals surface area contributed by atoms with Gasteiger partial charge in [0, 0.05) is 17.2 Å². The molecule has 1 saturated carbocycles. The highest BCUT2D eigenvalue weighted by atomic mass is 19.1. The molecule has 86 valence electrons. The molecule has 1 aliphatic carbocycles. The van der Waals surface area contributed by atoms with Crippen molar-refractivity contribution in [2.45, 2.75) is 31.2 Å². The van der Waals surface area contributed by atoms with Gasteiger partial charge >= 0.3 is 0 Å². The molecular weight excluding hydrogens is 208 g/mol. The maximum Gasteiger partial charge on any atom is 0.131 e. The molecule has 2 fully saturated rings. The van der Waals surface area contributed by atoms with Gasteiger partial charge in [-0.25, -0.2) is 8.78 Å². The van der Waals surface area contributed by atoms with Crippen molar-refractivity contribution in [2.75, 3.05) is 6.54 Å². The van der Waals surface area contributed by atoms with Gasteiger partial charge < -0.3 is 5.32 Å². The van der Waals surface area contributed by atoms with Gasteiger partial charge in [0.05, 0.1) is 0 Å². The summed E-state index contributed by atoms with van der Waals surface area (Å²) in [7, 11) is 0. The fourth-order valence-corrected chi connectivity index (χ4v) is 2.99. The van der Waals surface area contributed by atoms with Gasteiger partial charge in [0.15, 0.2) is 0 Å². The lowest BCUT2D eigenvalue weighted by Crippen LogP contribution is -2.39. The first-order chi connectivity index (χ1) is 7.72. The molecule has 1 saturated heterocycles. The van der Waals surface area contributed by atoms with Crippen LogP contribution in [0.25, 0.3) is 0 Å². The molecule has 0 radical (unpaired) electrons. The van der Waals surface area contributed by atoms with Crippen molar-refractivity contribution in [3.63, 3.8) is 0 Å².